The second kappa shape index (κ2) is 5.56. The quantitative estimate of drug-likeness (QED) is 0.784. The van der Waals surface area contributed by atoms with Crippen molar-refractivity contribution in [2.45, 2.75) is 44.9 Å². The topological polar surface area (TPSA) is 46.2 Å². The third-order valence-corrected chi connectivity index (χ3v) is 5.51. The molecule has 2 aliphatic rings. The van der Waals surface area contributed by atoms with E-state index in [1.807, 2.05) is 24.3 Å². The maximum absolute atomic E-state index is 12.5. The maximum Gasteiger partial charge on any atom is 0.234 e. The van der Waals surface area contributed by atoms with E-state index in [2.05, 4.69) is 28.2 Å². The van der Waals surface area contributed by atoms with Crippen LogP contribution in [0.25, 0.3) is 0 Å². The number of nitrogens with one attached hydrogen (secondary N) is 1. The van der Waals surface area contributed by atoms with Crippen molar-refractivity contribution in [3.05, 3.63) is 34.3 Å². The van der Waals surface area contributed by atoms with Crippen LogP contribution in [0.3, 0.4) is 0 Å². The number of amides is 2. The van der Waals surface area contributed by atoms with Gasteiger partial charge < -0.3 is 0 Å². The Balaban J connectivity index is 2.02. The van der Waals surface area contributed by atoms with Crippen molar-refractivity contribution >= 4 is 27.7 Å². The van der Waals surface area contributed by atoms with Crippen LogP contribution in [0.2, 0.25) is 0 Å². The van der Waals surface area contributed by atoms with Crippen LogP contribution < -0.4 is 5.32 Å². The number of rotatable bonds is 1. The van der Waals surface area contributed by atoms with Crippen molar-refractivity contribution in [2.24, 2.45) is 11.3 Å². The zero-order chi connectivity index (χ0) is 15.0. The average Bonchev–Trinajstić information content (AvgIpc) is 2.39. The Morgan fingerprint density at radius 2 is 1.95 bits per heavy atom. The van der Waals surface area contributed by atoms with Crippen LogP contribution in [0.4, 0.5) is 0 Å². The molecule has 4 heteroatoms. The number of carbonyl (C=O) groups excluding carboxylic acids is 2. The number of halogens is 1. The second-order valence-corrected chi connectivity index (χ2v) is 7.55. The average molecular weight is 350 g/mol. The number of benzene rings is 1. The molecule has 2 fully saturated rings. The van der Waals surface area contributed by atoms with E-state index in [1.165, 1.54) is 6.42 Å². The smallest absolute Gasteiger partial charge is 0.234 e. The minimum atomic E-state index is -0.203. The van der Waals surface area contributed by atoms with Gasteiger partial charge in [0, 0.05) is 10.9 Å². The molecule has 1 aromatic rings. The monoisotopic (exact) mass is 349 g/mol. The van der Waals surface area contributed by atoms with Crippen molar-refractivity contribution in [1.29, 1.82) is 0 Å². The molecule has 0 radical (unpaired) electrons. The summed E-state index contributed by atoms with van der Waals surface area (Å²) in [6.07, 6.45) is 4.72. The van der Waals surface area contributed by atoms with Gasteiger partial charge in [-0.2, -0.15) is 0 Å². The first-order valence-electron chi connectivity index (χ1n) is 7.59. The number of hydrogen-bond donors (Lipinski definition) is 1. The molecule has 3 nitrogen and oxygen atoms in total. The first-order valence-corrected chi connectivity index (χ1v) is 8.39. The van der Waals surface area contributed by atoms with Gasteiger partial charge in [-0.3, -0.25) is 14.9 Å². The Bertz CT molecular complexity index is 569. The highest BCUT2D eigenvalue weighted by molar-refractivity contribution is 9.10. The number of hydrogen-bond acceptors (Lipinski definition) is 2. The molecule has 1 saturated heterocycles. The fourth-order valence-electron chi connectivity index (χ4n) is 4.24. The summed E-state index contributed by atoms with van der Waals surface area (Å²) < 4.78 is 1.00. The molecule has 1 aromatic carbocycles. The van der Waals surface area contributed by atoms with E-state index < -0.39 is 0 Å². The number of piperidine rings is 1. The minimum Gasteiger partial charge on any atom is -0.296 e. The maximum atomic E-state index is 12.5. The first kappa shape index (κ1) is 14.8. The lowest BCUT2D eigenvalue weighted by atomic mass is 9.58. The molecular formula is C17H20BrNO2. The fraction of sp³-hybridized carbons (Fsp3) is 0.529. The van der Waals surface area contributed by atoms with E-state index in [0.29, 0.717) is 12.3 Å². The molecule has 3 rings (SSSR count). The van der Waals surface area contributed by atoms with Gasteiger partial charge in [-0.05, 0) is 41.9 Å². The molecule has 1 N–H and O–H groups in total. The van der Waals surface area contributed by atoms with Crippen LogP contribution in [0.5, 0.6) is 0 Å². The van der Waals surface area contributed by atoms with Crippen LogP contribution in [0, 0.1) is 11.3 Å². The number of imide groups is 1. The van der Waals surface area contributed by atoms with Gasteiger partial charge in [-0.15, -0.1) is 0 Å². The third kappa shape index (κ3) is 2.78. The molecule has 3 atom stereocenters. The molecule has 0 aromatic heterocycles. The van der Waals surface area contributed by atoms with Crippen molar-refractivity contribution in [1.82, 2.24) is 5.32 Å². The lowest BCUT2D eigenvalue weighted by Gasteiger charge is -2.47. The summed E-state index contributed by atoms with van der Waals surface area (Å²) in [6, 6.07) is 7.95. The van der Waals surface area contributed by atoms with Gasteiger partial charge in [-0.25, -0.2) is 0 Å². The molecule has 112 valence electrons. The van der Waals surface area contributed by atoms with Gasteiger partial charge in [0.2, 0.25) is 11.8 Å². The largest absolute Gasteiger partial charge is 0.296 e. The molecular weight excluding hydrogens is 330 g/mol. The van der Waals surface area contributed by atoms with Crippen molar-refractivity contribution in [3.8, 4) is 0 Å². The van der Waals surface area contributed by atoms with Gasteiger partial charge in [0.15, 0.2) is 0 Å². The molecule has 0 bridgehead atoms. The summed E-state index contributed by atoms with van der Waals surface area (Å²) in [7, 11) is 0. The van der Waals surface area contributed by atoms with Crippen LogP contribution in [0.1, 0.15) is 50.5 Å². The fourth-order valence-corrected chi connectivity index (χ4v) is 4.50. The predicted molar refractivity (Wildman–Crippen MR) is 84.7 cm³/mol. The summed E-state index contributed by atoms with van der Waals surface area (Å²) in [5, 5.41) is 2.54. The first-order chi connectivity index (χ1) is 10.00. The Labute approximate surface area is 133 Å². The standard InChI is InChI=1S/C17H20BrNO2/c1-11-3-2-8-17(9-11)10-14(20)19-16(21)15(17)12-4-6-13(18)7-5-12/h4-7,11,15H,2-3,8-10H2,1H3,(H,19,20,21). The Morgan fingerprint density at radius 3 is 2.62 bits per heavy atom. The van der Waals surface area contributed by atoms with E-state index in [1.54, 1.807) is 0 Å². The van der Waals surface area contributed by atoms with Crippen LogP contribution in [-0.2, 0) is 9.59 Å². The highest BCUT2D eigenvalue weighted by Crippen LogP contribution is 2.53. The summed E-state index contributed by atoms with van der Waals surface area (Å²) >= 11 is 3.44. The zero-order valence-electron chi connectivity index (χ0n) is 12.2. The Kier molecular flexibility index (Phi) is 3.91. The Hall–Kier alpha value is -1.16. The zero-order valence-corrected chi connectivity index (χ0v) is 13.8. The summed E-state index contributed by atoms with van der Waals surface area (Å²) in [5.74, 6) is 0.145. The molecule has 1 heterocycles. The van der Waals surface area contributed by atoms with Crippen LogP contribution >= 0.6 is 15.9 Å². The lowest BCUT2D eigenvalue weighted by Crippen LogP contribution is -2.52. The molecule has 1 spiro atoms. The second-order valence-electron chi connectivity index (χ2n) is 6.64. The molecule has 2 amide bonds. The van der Waals surface area contributed by atoms with Crippen molar-refractivity contribution in [2.75, 3.05) is 0 Å². The van der Waals surface area contributed by atoms with Crippen LogP contribution in [-0.4, -0.2) is 11.8 Å². The highest BCUT2D eigenvalue weighted by atomic mass is 79.9. The molecule has 1 aliphatic carbocycles. The predicted octanol–water partition coefficient (Wildman–Crippen LogP) is 3.78. The molecule has 1 saturated carbocycles. The van der Waals surface area contributed by atoms with Crippen molar-refractivity contribution in [3.63, 3.8) is 0 Å². The van der Waals surface area contributed by atoms with E-state index in [4.69, 9.17) is 0 Å². The van der Waals surface area contributed by atoms with Crippen molar-refractivity contribution < 1.29 is 9.59 Å². The lowest BCUT2D eigenvalue weighted by molar-refractivity contribution is -0.142. The molecule has 21 heavy (non-hydrogen) atoms. The van der Waals surface area contributed by atoms with E-state index in [9.17, 15) is 9.59 Å². The van der Waals surface area contributed by atoms with Crippen LogP contribution in [0.15, 0.2) is 28.7 Å². The molecule has 3 unspecified atom stereocenters. The third-order valence-electron chi connectivity index (χ3n) is 4.98. The summed E-state index contributed by atoms with van der Waals surface area (Å²) in [6.45, 7) is 2.23. The SMILES string of the molecule is CC1CCCC2(CC(=O)NC(=O)C2c2ccc(Br)cc2)C1. The number of carbonyl (C=O) groups is 2. The molecule has 1 aliphatic heterocycles. The van der Waals surface area contributed by atoms with E-state index >= 15 is 0 Å². The van der Waals surface area contributed by atoms with E-state index in [-0.39, 0.29) is 23.1 Å². The van der Waals surface area contributed by atoms with E-state index in [0.717, 1.165) is 29.3 Å². The Morgan fingerprint density at radius 1 is 1.24 bits per heavy atom. The highest BCUT2D eigenvalue weighted by Gasteiger charge is 2.50. The van der Waals surface area contributed by atoms with Gasteiger partial charge in [-0.1, -0.05) is 47.8 Å². The minimum absolute atomic E-state index is 0.109. The summed E-state index contributed by atoms with van der Waals surface area (Å²) in [5.41, 5.74) is 0.836. The van der Waals surface area contributed by atoms with Gasteiger partial charge in [0.1, 0.15) is 0 Å². The van der Waals surface area contributed by atoms with Gasteiger partial charge >= 0.3 is 0 Å². The summed E-state index contributed by atoms with van der Waals surface area (Å²) in [4.78, 5) is 24.5. The normalized spacial score (nSPS) is 33.0. The van der Waals surface area contributed by atoms with Gasteiger partial charge in [0.05, 0.1) is 5.92 Å². The van der Waals surface area contributed by atoms with Gasteiger partial charge in [0.25, 0.3) is 0 Å².